The van der Waals surface area contributed by atoms with E-state index in [4.69, 9.17) is 0 Å². The fourth-order valence-corrected chi connectivity index (χ4v) is 3.74. The summed E-state index contributed by atoms with van der Waals surface area (Å²) in [6.45, 7) is 5.67. The average molecular weight is 491 g/mol. The van der Waals surface area contributed by atoms with E-state index in [1.54, 1.807) is 36.5 Å². The van der Waals surface area contributed by atoms with Crippen molar-refractivity contribution in [3.63, 3.8) is 0 Å². The van der Waals surface area contributed by atoms with Gasteiger partial charge in [-0.15, -0.1) is 0 Å². The first-order valence-corrected chi connectivity index (χ1v) is 12.0. The van der Waals surface area contributed by atoms with Crippen LogP contribution in [0.5, 0.6) is 0 Å². The number of rotatable bonds is 10. The molecular formula is C28H31FN4O3. The highest BCUT2D eigenvalue weighted by Gasteiger charge is 2.33. The van der Waals surface area contributed by atoms with Crippen molar-refractivity contribution in [2.24, 2.45) is 0 Å². The van der Waals surface area contributed by atoms with Gasteiger partial charge in [0.2, 0.25) is 17.7 Å². The van der Waals surface area contributed by atoms with E-state index < -0.39 is 23.7 Å². The van der Waals surface area contributed by atoms with Crippen LogP contribution in [0.25, 0.3) is 0 Å². The van der Waals surface area contributed by atoms with Crippen molar-refractivity contribution in [2.45, 2.75) is 52.1 Å². The van der Waals surface area contributed by atoms with Crippen LogP contribution in [0.2, 0.25) is 0 Å². The van der Waals surface area contributed by atoms with Crippen LogP contribution >= 0.6 is 0 Å². The molecule has 1 atom stereocenters. The molecule has 1 heterocycles. The molecule has 8 heteroatoms. The average Bonchev–Trinajstić information content (AvgIpc) is 2.87. The molecule has 0 radical (unpaired) electrons. The molecule has 1 aromatic heterocycles. The third-order valence-electron chi connectivity index (χ3n) is 5.51. The van der Waals surface area contributed by atoms with Gasteiger partial charge in [-0.25, -0.2) is 9.37 Å². The van der Waals surface area contributed by atoms with Gasteiger partial charge in [-0.1, -0.05) is 37.3 Å². The minimum Gasteiger partial charge on any atom is -0.352 e. The first kappa shape index (κ1) is 26.5. The molecule has 0 aliphatic heterocycles. The number of carbonyl (C=O) groups excluding carboxylic acids is 3. The Bertz CT molecular complexity index is 1170. The quantitative estimate of drug-likeness (QED) is 0.427. The van der Waals surface area contributed by atoms with E-state index >= 15 is 0 Å². The number of nitrogens with zero attached hydrogens (tertiary/aromatic N) is 2. The molecule has 0 bridgehead atoms. The van der Waals surface area contributed by atoms with Gasteiger partial charge < -0.3 is 10.6 Å². The molecule has 2 aromatic carbocycles. The zero-order valence-electron chi connectivity index (χ0n) is 20.7. The second-order valence-corrected chi connectivity index (χ2v) is 8.66. The number of nitrogens with one attached hydrogen (secondary N) is 2. The molecule has 3 amide bonds. The smallest absolute Gasteiger partial charge is 0.248 e. The number of anilines is 2. The Labute approximate surface area is 210 Å². The van der Waals surface area contributed by atoms with Gasteiger partial charge in [0.1, 0.15) is 17.7 Å². The Kier molecular flexibility index (Phi) is 9.27. The second-order valence-electron chi connectivity index (χ2n) is 8.66. The van der Waals surface area contributed by atoms with E-state index in [9.17, 15) is 18.8 Å². The Morgan fingerprint density at radius 2 is 1.64 bits per heavy atom. The topological polar surface area (TPSA) is 91.4 Å². The summed E-state index contributed by atoms with van der Waals surface area (Å²) in [6, 6.07) is 16.8. The lowest BCUT2D eigenvalue weighted by Crippen LogP contribution is -2.46. The van der Waals surface area contributed by atoms with Gasteiger partial charge in [-0.2, -0.15) is 0 Å². The van der Waals surface area contributed by atoms with Crippen LogP contribution < -0.4 is 15.5 Å². The summed E-state index contributed by atoms with van der Waals surface area (Å²) >= 11 is 0. The number of halogens is 1. The Hall–Kier alpha value is -4.07. The van der Waals surface area contributed by atoms with Crippen molar-refractivity contribution in [1.29, 1.82) is 0 Å². The van der Waals surface area contributed by atoms with Gasteiger partial charge in [0, 0.05) is 30.8 Å². The molecule has 2 N–H and O–H groups in total. The van der Waals surface area contributed by atoms with E-state index in [1.165, 1.54) is 29.2 Å². The number of benzene rings is 2. The third kappa shape index (κ3) is 7.21. The summed E-state index contributed by atoms with van der Waals surface area (Å²) in [7, 11) is 0. The molecule has 0 aliphatic carbocycles. The largest absolute Gasteiger partial charge is 0.352 e. The predicted molar refractivity (Wildman–Crippen MR) is 138 cm³/mol. The van der Waals surface area contributed by atoms with Crippen molar-refractivity contribution in [3.8, 4) is 0 Å². The molecule has 0 aliphatic rings. The van der Waals surface area contributed by atoms with Crippen LogP contribution in [0.15, 0.2) is 72.9 Å². The highest BCUT2D eigenvalue weighted by Crippen LogP contribution is 2.30. The van der Waals surface area contributed by atoms with Gasteiger partial charge in [-0.3, -0.25) is 19.3 Å². The lowest BCUT2D eigenvalue weighted by atomic mass is 10.0. The monoisotopic (exact) mass is 490 g/mol. The van der Waals surface area contributed by atoms with Gasteiger partial charge >= 0.3 is 0 Å². The summed E-state index contributed by atoms with van der Waals surface area (Å²) in [5, 5.41) is 5.53. The number of amides is 3. The van der Waals surface area contributed by atoms with Crippen molar-refractivity contribution in [2.75, 3.05) is 10.2 Å². The van der Waals surface area contributed by atoms with Gasteiger partial charge in [0.05, 0.1) is 0 Å². The molecule has 3 aromatic rings. The van der Waals surface area contributed by atoms with Crippen LogP contribution in [-0.4, -0.2) is 28.7 Å². The van der Waals surface area contributed by atoms with E-state index in [0.29, 0.717) is 17.1 Å². The summed E-state index contributed by atoms with van der Waals surface area (Å²) < 4.78 is 13.7. The molecule has 36 heavy (non-hydrogen) atoms. The predicted octanol–water partition coefficient (Wildman–Crippen LogP) is 4.80. The van der Waals surface area contributed by atoms with E-state index in [2.05, 4.69) is 15.6 Å². The summed E-state index contributed by atoms with van der Waals surface area (Å²) in [5.41, 5.74) is 2.04. The maximum atomic E-state index is 13.7. The van der Waals surface area contributed by atoms with Crippen molar-refractivity contribution in [3.05, 3.63) is 89.9 Å². The summed E-state index contributed by atoms with van der Waals surface area (Å²) in [5.74, 6) is -1.24. The minimum absolute atomic E-state index is 0.0963. The number of hydrogen-bond donors (Lipinski definition) is 2. The molecule has 188 valence electrons. The maximum absolute atomic E-state index is 13.7. The zero-order valence-corrected chi connectivity index (χ0v) is 20.7. The molecule has 0 unspecified atom stereocenters. The molecule has 0 spiro atoms. The van der Waals surface area contributed by atoms with E-state index in [1.807, 2.05) is 32.9 Å². The highest BCUT2D eigenvalue weighted by atomic mass is 19.1. The van der Waals surface area contributed by atoms with Crippen LogP contribution in [0.3, 0.4) is 0 Å². The molecular weight excluding hydrogens is 459 g/mol. The highest BCUT2D eigenvalue weighted by molar-refractivity contribution is 6.03. The Balaban J connectivity index is 1.93. The van der Waals surface area contributed by atoms with E-state index in [0.717, 1.165) is 12.0 Å². The Morgan fingerprint density at radius 1 is 0.944 bits per heavy atom. The van der Waals surface area contributed by atoms with Crippen LogP contribution in [-0.2, 0) is 20.8 Å². The second kappa shape index (κ2) is 12.6. The van der Waals surface area contributed by atoms with Crippen molar-refractivity contribution < 1.29 is 18.8 Å². The number of carbonyl (C=O) groups is 3. The lowest BCUT2D eigenvalue weighted by molar-refractivity contribution is -0.127. The molecule has 0 saturated carbocycles. The summed E-state index contributed by atoms with van der Waals surface area (Å²) in [6.07, 6.45) is 2.14. The van der Waals surface area contributed by atoms with Gasteiger partial charge in [0.25, 0.3) is 0 Å². The number of hydrogen-bond acceptors (Lipinski definition) is 4. The van der Waals surface area contributed by atoms with Crippen molar-refractivity contribution in [1.82, 2.24) is 10.3 Å². The zero-order chi connectivity index (χ0) is 26.1. The SMILES string of the molecule is CCc1ccc(N(C(=O)CCC(=O)Nc2ccccn2)[C@@H](C(=O)NC(C)C)c2ccc(F)cc2)cc1. The van der Waals surface area contributed by atoms with Gasteiger partial charge in [-0.05, 0) is 67.8 Å². The van der Waals surface area contributed by atoms with Gasteiger partial charge in [0.15, 0.2) is 0 Å². The molecule has 0 fully saturated rings. The molecule has 3 rings (SSSR count). The standard InChI is InChI=1S/C28H31FN4O3/c1-4-20-8-14-23(15-9-20)33(26(35)17-16-25(34)32-24-7-5-6-18-30-24)27(28(36)31-19(2)3)21-10-12-22(29)13-11-21/h5-15,18-19,27H,4,16-17H2,1-3H3,(H,31,36)(H,30,32,34)/t27-/m1/s1. The number of aryl methyl sites for hydroxylation is 1. The van der Waals surface area contributed by atoms with E-state index in [-0.39, 0.29) is 24.8 Å². The van der Waals surface area contributed by atoms with Crippen molar-refractivity contribution >= 4 is 29.2 Å². The lowest BCUT2D eigenvalue weighted by Gasteiger charge is -2.32. The number of aromatic nitrogens is 1. The minimum atomic E-state index is -1.05. The maximum Gasteiger partial charge on any atom is 0.248 e. The summed E-state index contributed by atoms with van der Waals surface area (Å²) in [4.78, 5) is 44.9. The molecule has 0 saturated heterocycles. The Morgan fingerprint density at radius 3 is 2.22 bits per heavy atom. The third-order valence-corrected chi connectivity index (χ3v) is 5.51. The first-order chi connectivity index (χ1) is 17.3. The fraction of sp³-hybridized carbons (Fsp3) is 0.286. The normalized spacial score (nSPS) is 11.6. The molecule has 7 nitrogen and oxygen atoms in total. The number of pyridine rings is 1. The first-order valence-electron chi connectivity index (χ1n) is 12.0. The van der Waals surface area contributed by atoms with Crippen LogP contribution in [0.4, 0.5) is 15.9 Å². The van der Waals surface area contributed by atoms with Crippen LogP contribution in [0, 0.1) is 5.82 Å². The van der Waals surface area contributed by atoms with Crippen LogP contribution in [0.1, 0.15) is 50.8 Å². The fourth-order valence-electron chi connectivity index (χ4n) is 3.74.